The Kier molecular flexibility index (Phi) is 5.15. The fraction of sp³-hybridized carbons (Fsp3) is 0.588. The number of hydrogen-bond acceptors (Lipinski definition) is 2. The van der Waals surface area contributed by atoms with Crippen molar-refractivity contribution in [3.05, 3.63) is 28.8 Å². The van der Waals surface area contributed by atoms with E-state index in [2.05, 4.69) is 31.4 Å². The van der Waals surface area contributed by atoms with Gasteiger partial charge in [0.05, 0.1) is 5.56 Å². The van der Waals surface area contributed by atoms with E-state index in [9.17, 15) is 4.79 Å². The summed E-state index contributed by atoms with van der Waals surface area (Å²) in [6, 6.07) is 5.68. The van der Waals surface area contributed by atoms with Crippen LogP contribution in [-0.4, -0.2) is 18.5 Å². The number of hydrogen-bond donors (Lipinski definition) is 2. The first-order valence-corrected chi connectivity index (χ1v) is 8.16. The first kappa shape index (κ1) is 16.2. The highest BCUT2D eigenvalue weighted by atomic mass is 35.5. The molecule has 0 heterocycles. The van der Waals surface area contributed by atoms with Gasteiger partial charge in [-0.15, -0.1) is 0 Å². The molecule has 0 aliphatic heterocycles. The molecule has 116 valence electrons. The van der Waals surface area contributed by atoms with Crippen LogP contribution in [0.3, 0.4) is 0 Å². The van der Waals surface area contributed by atoms with Crippen molar-refractivity contribution in [2.24, 2.45) is 5.41 Å². The number of rotatable bonds is 5. The lowest BCUT2D eigenvalue weighted by Gasteiger charge is -2.28. The molecule has 2 N–H and O–H groups in total. The zero-order valence-corrected chi connectivity index (χ0v) is 13.9. The molecule has 0 bridgehead atoms. The third-order valence-electron chi connectivity index (χ3n) is 4.35. The maximum atomic E-state index is 12.6. The molecule has 0 radical (unpaired) electrons. The smallest absolute Gasteiger partial charge is 0.253 e. The lowest BCUT2D eigenvalue weighted by Crippen LogP contribution is -2.41. The van der Waals surface area contributed by atoms with Crippen molar-refractivity contribution in [1.29, 1.82) is 0 Å². The molecule has 3 nitrogen and oxygen atoms in total. The predicted molar refractivity (Wildman–Crippen MR) is 89.1 cm³/mol. The van der Waals surface area contributed by atoms with Gasteiger partial charge in [-0.05, 0) is 42.9 Å². The van der Waals surface area contributed by atoms with E-state index in [-0.39, 0.29) is 17.4 Å². The van der Waals surface area contributed by atoms with Gasteiger partial charge in [0, 0.05) is 23.3 Å². The molecule has 1 saturated carbocycles. The molecule has 1 aliphatic rings. The SMILES string of the molecule is CCCNc1ccc(Cl)cc1C(=O)NC1CCCC1(C)C. The van der Waals surface area contributed by atoms with Gasteiger partial charge in [-0.3, -0.25) is 4.79 Å². The fourth-order valence-electron chi connectivity index (χ4n) is 2.95. The highest BCUT2D eigenvalue weighted by Gasteiger charge is 2.35. The molecule has 1 atom stereocenters. The minimum atomic E-state index is -0.0314. The second-order valence-electron chi connectivity index (χ2n) is 6.52. The number of amides is 1. The van der Waals surface area contributed by atoms with Crippen LogP contribution in [-0.2, 0) is 0 Å². The molecule has 2 rings (SSSR count). The molecule has 1 fully saturated rings. The first-order valence-electron chi connectivity index (χ1n) is 7.78. The molecule has 0 spiro atoms. The molecule has 1 aliphatic carbocycles. The van der Waals surface area contributed by atoms with Crippen LogP contribution < -0.4 is 10.6 Å². The van der Waals surface area contributed by atoms with Crippen molar-refractivity contribution in [3.8, 4) is 0 Å². The Morgan fingerprint density at radius 2 is 2.19 bits per heavy atom. The minimum Gasteiger partial charge on any atom is -0.384 e. The van der Waals surface area contributed by atoms with Crippen molar-refractivity contribution in [2.45, 2.75) is 52.5 Å². The van der Waals surface area contributed by atoms with Crippen molar-refractivity contribution < 1.29 is 4.79 Å². The van der Waals surface area contributed by atoms with E-state index >= 15 is 0 Å². The quantitative estimate of drug-likeness (QED) is 0.842. The minimum absolute atomic E-state index is 0.0314. The van der Waals surface area contributed by atoms with Crippen LogP contribution in [0.25, 0.3) is 0 Å². The highest BCUT2D eigenvalue weighted by molar-refractivity contribution is 6.31. The predicted octanol–water partition coefficient (Wildman–Crippen LogP) is 4.47. The molecule has 0 aromatic heterocycles. The van der Waals surface area contributed by atoms with Gasteiger partial charge in [0.25, 0.3) is 5.91 Å². The Morgan fingerprint density at radius 3 is 2.81 bits per heavy atom. The summed E-state index contributed by atoms with van der Waals surface area (Å²) in [7, 11) is 0. The van der Waals surface area contributed by atoms with Crippen LogP contribution in [0.5, 0.6) is 0 Å². The first-order chi connectivity index (χ1) is 9.94. The van der Waals surface area contributed by atoms with Gasteiger partial charge in [0.1, 0.15) is 0 Å². The third kappa shape index (κ3) is 3.91. The lowest BCUT2D eigenvalue weighted by atomic mass is 9.87. The normalized spacial score (nSPS) is 20.3. The van der Waals surface area contributed by atoms with Gasteiger partial charge in [-0.1, -0.05) is 38.8 Å². The van der Waals surface area contributed by atoms with Crippen LogP contribution in [0.4, 0.5) is 5.69 Å². The molecule has 21 heavy (non-hydrogen) atoms. The monoisotopic (exact) mass is 308 g/mol. The molecule has 4 heteroatoms. The van der Waals surface area contributed by atoms with Gasteiger partial charge in [-0.2, -0.15) is 0 Å². The highest BCUT2D eigenvalue weighted by Crippen LogP contribution is 2.37. The van der Waals surface area contributed by atoms with Crippen molar-refractivity contribution in [2.75, 3.05) is 11.9 Å². The van der Waals surface area contributed by atoms with Gasteiger partial charge >= 0.3 is 0 Å². The standard InChI is InChI=1S/C17H25ClN2O/c1-4-10-19-14-8-7-12(18)11-13(14)16(21)20-15-6-5-9-17(15,2)3/h7-8,11,15,19H,4-6,9-10H2,1-3H3,(H,20,21). The van der Waals surface area contributed by atoms with E-state index in [1.165, 1.54) is 6.42 Å². The van der Waals surface area contributed by atoms with E-state index in [0.717, 1.165) is 31.5 Å². The lowest BCUT2D eigenvalue weighted by molar-refractivity contribution is 0.0911. The van der Waals surface area contributed by atoms with Crippen molar-refractivity contribution in [1.82, 2.24) is 5.32 Å². The summed E-state index contributed by atoms with van der Waals surface area (Å²) in [5, 5.41) is 7.08. The Hall–Kier alpha value is -1.22. The number of carbonyl (C=O) groups excluding carboxylic acids is 1. The number of benzene rings is 1. The number of halogens is 1. The summed E-state index contributed by atoms with van der Waals surface area (Å²) in [6.45, 7) is 7.39. The Morgan fingerprint density at radius 1 is 1.43 bits per heavy atom. The average Bonchev–Trinajstić information content (AvgIpc) is 2.76. The summed E-state index contributed by atoms with van der Waals surface area (Å²) in [4.78, 5) is 12.6. The number of carbonyl (C=O) groups is 1. The fourth-order valence-corrected chi connectivity index (χ4v) is 3.12. The number of anilines is 1. The molecular weight excluding hydrogens is 284 g/mol. The summed E-state index contributed by atoms with van der Waals surface area (Å²) < 4.78 is 0. The summed E-state index contributed by atoms with van der Waals surface area (Å²) >= 11 is 6.06. The van der Waals surface area contributed by atoms with Crippen LogP contribution in [0.1, 0.15) is 56.8 Å². The summed E-state index contributed by atoms with van der Waals surface area (Å²) in [6.07, 6.45) is 4.40. The van der Waals surface area contributed by atoms with Crippen molar-refractivity contribution >= 4 is 23.2 Å². The summed E-state index contributed by atoms with van der Waals surface area (Å²) in [5.74, 6) is -0.0314. The molecular formula is C17H25ClN2O. The Bertz CT molecular complexity index is 514. The molecule has 1 aromatic rings. The molecule has 0 saturated heterocycles. The second kappa shape index (κ2) is 6.69. The average molecular weight is 309 g/mol. The van der Waals surface area contributed by atoms with E-state index in [0.29, 0.717) is 10.6 Å². The maximum absolute atomic E-state index is 12.6. The van der Waals surface area contributed by atoms with Crippen LogP contribution in [0, 0.1) is 5.41 Å². The van der Waals surface area contributed by atoms with Gasteiger partial charge in [0.2, 0.25) is 0 Å². The van der Waals surface area contributed by atoms with Crippen molar-refractivity contribution in [3.63, 3.8) is 0 Å². The van der Waals surface area contributed by atoms with Gasteiger partial charge in [0.15, 0.2) is 0 Å². The van der Waals surface area contributed by atoms with Gasteiger partial charge in [-0.25, -0.2) is 0 Å². The second-order valence-corrected chi connectivity index (χ2v) is 6.96. The zero-order chi connectivity index (χ0) is 15.5. The topological polar surface area (TPSA) is 41.1 Å². The largest absolute Gasteiger partial charge is 0.384 e. The number of nitrogens with one attached hydrogen (secondary N) is 2. The van der Waals surface area contributed by atoms with E-state index in [4.69, 9.17) is 11.6 Å². The van der Waals surface area contributed by atoms with E-state index in [1.54, 1.807) is 6.07 Å². The Labute approximate surface area is 132 Å². The van der Waals surface area contributed by atoms with Crippen LogP contribution in [0.15, 0.2) is 18.2 Å². The van der Waals surface area contributed by atoms with Crippen LogP contribution >= 0.6 is 11.6 Å². The molecule has 1 amide bonds. The van der Waals surface area contributed by atoms with Crippen LogP contribution in [0.2, 0.25) is 5.02 Å². The summed E-state index contributed by atoms with van der Waals surface area (Å²) in [5.41, 5.74) is 1.67. The molecule has 1 aromatic carbocycles. The van der Waals surface area contributed by atoms with E-state index < -0.39 is 0 Å². The maximum Gasteiger partial charge on any atom is 0.253 e. The van der Waals surface area contributed by atoms with Gasteiger partial charge < -0.3 is 10.6 Å². The van der Waals surface area contributed by atoms with E-state index in [1.807, 2.05) is 12.1 Å². The Balaban J connectivity index is 2.16. The molecule has 1 unspecified atom stereocenters. The third-order valence-corrected chi connectivity index (χ3v) is 4.59. The zero-order valence-electron chi connectivity index (χ0n) is 13.1.